The summed E-state index contributed by atoms with van der Waals surface area (Å²) in [5, 5.41) is 26.6. The van der Waals surface area contributed by atoms with E-state index in [2.05, 4.69) is 32.5 Å². The number of H-pyrrole nitrogens is 1. The molecule has 1 aromatic carbocycles. The second kappa shape index (κ2) is 8.77. The zero-order valence-corrected chi connectivity index (χ0v) is 15.9. The van der Waals surface area contributed by atoms with E-state index >= 15 is 0 Å². The van der Waals surface area contributed by atoms with Gasteiger partial charge >= 0.3 is 5.97 Å². The van der Waals surface area contributed by atoms with Crippen LogP contribution in [0.15, 0.2) is 30.8 Å². The Morgan fingerprint density at radius 1 is 1.29 bits per heavy atom. The zero-order chi connectivity index (χ0) is 20.1. The lowest BCUT2D eigenvalue weighted by atomic mass is 9.80. The largest absolute Gasteiger partial charge is 0.481 e. The third-order valence-corrected chi connectivity index (χ3v) is 5.10. The van der Waals surface area contributed by atoms with Crippen LogP contribution < -0.4 is 5.32 Å². The van der Waals surface area contributed by atoms with E-state index in [4.69, 9.17) is 0 Å². The number of aliphatic carboxylic acids is 1. The summed E-state index contributed by atoms with van der Waals surface area (Å²) in [5.41, 5.74) is 1.90. The van der Waals surface area contributed by atoms with Crippen LogP contribution in [0.2, 0.25) is 0 Å². The van der Waals surface area contributed by atoms with Gasteiger partial charge < -0.3 is 10.4 Å². The number of carboxylic acids is 1. The van der Waals surface area contributed by atoms with E-state index in [-0.39, 0.29) is 5.91 Å². The summed E-state index contributed by atoms with van der Waals surface area (Å²) in [4.78, 5) is 24.1. The predicted molar refractivity (Wildman–Crippen MR) is 103 cm³/mol. The third-order valence-electron chi connectivity index (χ3n) is 5.10. The summed E-state index contributed by atoms with van der Waals surface area (Å²) >= 11 is 0. The first-order valence-corrected chi connectivity index (χ1v) is 9.54. The van der Waals surface area contributed by atoms with Gasteiger partial charge in [-0.2, -0.15) is 5.21 Å². The number of benzene rings is 1. The molecule has 1 saturated carbocycles. The SMILES string of the molecule is C=C(c1ccc(C(=O)NCC2CC2)cc1)[C@H](c1nn[nH]n1)[C@H](CCC)C(=O)O. The molecule has 0 saturated heterocycles. The first-order chi connectivity index (χ1) is 13.5. The minimum atomic E-state index is -0.922. The smallest absolute Gasteiger partial charge is 0.307 e. The van der Waals surface area contributed by atoms with Gasteiger partial charge in [-0.3, -0.25) is 9.59 Å². The molecule has 2 atom stereocenters. The van der Waals surface area contributed by atoms with Crippen molar-refractivity contribution < 1.29 is 14.7 Å². The highest BCUT2D eigenvalue weighted by Gasteiger charge is 2.34. The number of tetrazole rings is 1. The molecule has 0 radical (unpaired) electrons. The van der Waals surface area contributed by atoms with Gasteiger partial charge in [0.05, 0.1) is 11.8 Å². The molecule has 1 aliphatic rings. The number of aromatic nitrogens is 4. The fourth-order valence-electron chi connectivity index (χ4n) is 3.30. The van der Waals surface area contributed by atoms with Gasteiger partial charge in [0, 0.05) is 12.1 Å². The van der Waals surface area contributed by atoms with Crippen molar-refractivity contribution in [1.29, 1.82) is 0 Å². The fourth-order valence-corrected chi connectivity index (χ4v) is 3.30. The lowest BCUT2D eigenvalue weighted by Gasteiger charge is -2.23. The first-order valence-electron chi connectivity index (χ1n) is 9.54. The quantitative estimate of drug-likeness (QED) is 0.580. The molecule has 8 heteroatoms. The van der Waals surface area contributed by atoms with Gasteiger partial charge in [-0.15, -0.1) is 10.2 Å². The number of nitrogens with zero attached hydrogens (tertiary/aromatic N) is 3. The van der Waals surface area contributed by atoms with Gasteiger partial charge in [0.15, 0.2) is 5.82 Å². The number of aromatic amines is 1. The topological polar surface area (TPSA) is 121 Å². The normalized spacial score (nSPS) is 15.6. The number of allylic oxidation sites excluding steroid dienone is 1. The van der Waals surface area contributed by atoms with Gasteiger partial charge in [-0.1, -0.05) is 37.3 Å². The molecule has 2 aromatic rings. The Morgan fingerprint density at radius 3 is 2.50 bits per heavy atom. The van der Waals surface area contributed by atoms with Gasteiger partial charge in [0.1, 0.15) is 0 Å². The molecule has 0 bridgehead atoms. The molecule has 0 aliphatic heterocycles. The van der Waals surface area contributed by atoms with Crippen LogP contribution in [0.3, 0.4) is 0 Å². The third kappa shape index (κ3) is 4.62. The van der Waals surface area contributed by atoms with Gasteiger partial charge in [-0.05, 0) is 48.4 Å². The second-order valence-electron chi connectivity index (χ2n) is 7.24. The van der Waals surface area contributed by atoms with Crippen molar-refractivity contribution in [3.63, 3.8) is 0 Å². The molecular formula is C20H25N5O3. The Bertz CT molecular complexity index is 828. The molecule has 1 heterocycles. The van der Waals surface area contributed by atoms with E-state index in [1.54, 1.807) is 24.3 Å². The molecule has 1 fully saturated rings. The van der Waals surface area contributed by atoms with Crippen molar-refractivity contribution in [2.75, 3.05) is 6.54 Å². The first kappa shape index (κ1) is 19.7. The number of carboxylic acid groups (broad SMARTS) is 1. The summed E-state index contributed by atoms with van der Waals surface area (Å²) in [6.45, 7) is 6.77. The van der Waals surface area contributed by atoms with E-state index in [0.717, 1.165) is 5.56 Å². The van der Waals surface area contributed by atoms with Crippen LogP contribution in [0.25, 0.3) is 5.57 Å². The highest BCUT2D eigenvalue weighted by molar-refractivity contribution is 5.94. The summed E-state index contributed by atoms with van der Waals surface area (Å²) in [6, 6.07) is 7.02. The molecule has 1 amide bonds. The molecule has 148 valence electrons. The van der Waals surface area contributed by atoms with E-state index in [1.165, 1.54) is 12.8 Å². The highest BCUT2D eigenvalue weighted by Crippen LogP contribution is 2.37. The zero-order valence-electron chi connectivity index (χ0n) is 15.9. The Labute approximate surface area is 163 Å². The Hall–Kier alpha value is -3.03. The number of hydrogen-bond acceptors (Lipinski definition) is 5. The maximum Gasteiger partial charge on any atom is 0.307 e. The van der Waals surface area contributed by atoms with Crippen molar-refractivity contribution in [3.05, 3.63) is 47.8 Å². The standard InChI is InChI=1S/C20H25N5O3/c1-3-4-16(20(27)28)17(18-22-24-25-23-18)12(2)14-7-9-15(10-8-14)19(26)21-11-13-5-6-13/h7-10,13,16-17H,2-6,11H2,1H3,(H,21,26)(H,27,28)(H,22,23,24,25)/t16-,17-/m0/s1. The van der Waals surface area contributed by atoms with E-state index < -0.39 is 17.8 Å². The number of nitrogens with one attached hydrogen (secondary N) is 2. The van der Waals surface area contributed by atoms with Crippen LogP contribution in [0.1, 0.15) is 60.3 Å². The molecule has 3 N–H and O–H groups in total. The number of carbonyl (C=O) groups excluding carboxylic acids is 1. The number of amides is 1. The summed E-state index contributed by atoms with van der Waals surface area (Å²) in [7, 11) is 0. The highest BCUT2D eigenvalue weighted by atomic mass is 16.4. The van der Waals surface area contributed by atoms with Crippen LogP contribution in [-0.2, 0) is 4.79 Å². The van der Waals surface area contributed by atoms with Crippen molar-refractivity contribution in [3.8, 4) is 0 Å². The number of hydrogen-bond donors (Lipinski definition) is 3. The number of carbonyl (C=O) groups is 2. The minimum Gasteiger partial charge on any atom is -0.481 e. The van der Waals surface area contributed by atoms with Crippen molar-refractivity contribution in [2.45, 2.75) is 38.5 Å². The summed E-state index contributed by atoms with van der Waals surface area (Å²) < 4.78 is 0. The number of rotatable bonds is 10. The Balaban J connectivity index is 1.79. The second-order valence-corrected chi connectivity index (χ2v) is 7.24. The monoisotopic (exact) mass is 383 g/mol. The predicted octanol–water partition coefficient (Wildman–Crippen LogP) is 2.64. The maximum absolute atomic E-state index is 12.2. The lowest BCUT2D eigenvalue weighted by molar-refractivity contribution is -0.142. The van der Waals surface area contributed by atoms with Crippen molar-refractivity contribution >= 4 is 17.4 Å². The molecule has 0 spiro atoms. The average molecular weight is 383 g/mol. The van der Waals surface area contributed by atoms with Gasteiger partial charge in [0.2, 0.25) is 0 Å². The van der Waals surface area contributed by atoms with Crippen molar-refractivity contribution in [2.24, 2.45) is 11.8 Å². The average Bonchev–Trinajstić information content (AvgIpc) is 3.38. The molecule has 1 aromatic heterocycles. The van der Waals surface area contributed by atoms with Crippen LogP contribution in [0, 0.1) is 11.8 Å². The molecule has 1 aliphatic carbocycles. The molecule has 8 nitrogen and oxygen atoms in total. The Kier molecular flexibility index (Phi) is 6.18. The van der Waals surface area contributed by atoms with Crippen LogP contribution in [0.4, 0.5) is 0 Å². The maximum atomic E-state index is 12.2. The van der Waals surface area contributed by atoms with Gasteiger partial charge in [-0.25, -0.2) is 0 Å². The lowest BCUT2D eigenvalue weighted by Crippen LogP contribution is -2.25. The summed E-state index contributed by atoms with van der Waals surface area (Å²) in [6.07, 6.45) is 3.53. The molecule has 28 heavy (non-hydrogen) atoms. The van der Waals surface area contributed by atoms with Crippen LogP contribution in [-0.4, -0.2) is 44.2 Å². The fraction of sp³-hybridized carbons (Fsp3) is 0.450. The molecule has 3 rings (SSSR count). The van der Waals surface area contributed by atoms with E-state index in [9.17, 15) is 14.7 Å². The Morgan fingerprint density at radius 2 is 1.96 bits per heavy atom. The minimum absolute atomic E-state index is 0.104. The van der Waals surface area contributed by atoms with E-state index in [1.807, 2.05) is 6.92 Å². The molecule has 0 unspecified atom stereocenters. The summed E-state index contributed by atoms with van der Waals surface area (Å²) in [5.74, 6) is -1.42. The van der Waals surface area contributed by atoms with Crippen LogP contribution in [0.5, 0.6) is 0 Å². The molecular weight excluding hydrogens is 358 g/mol. The van der Waals surface area contributed by atoms with Crippen molar-refractivity contribution in [1.82, 2.24) is 25.9 Å². The van der Waals surface area contributed by atoms with E-state index in [0.29, 0.717) is 42.3 Å². The van der Waals surface area contributed by atoms with Gasteiger partial charge in [0.25, 0.3) is 5.91 Å². The van der Waals surface area contributed by atoms with Crippen LogP contribution >= 0.6 is 0 Å².